The van der Waals surface area contributed by atoms with Crippen molar-refractivity contribution in [2.45, 2.75) is 52.9 Å². The molecule has 1 aromatic rings. The third kappa shape index (κ3) is 3.83. The van der Waals surface area contributed by atoms with E-state index in [0.29, 0.717) is 19.6 Å². The molecule has 0 bridgehead atoms. The van der Waals surface area contributed by atoms with Crippen LogP contribution in [0.3, 0.4) is 0 Å². The topological polar surface area (TPSA) is 38.8 Å². The summed E-state index contributed by atoms with van der Waals surface area (Å²) in [7, 11) is 0. The number of fused-ring (bicyclic) bond motifs is 1. The number of hydrogen-bond donors (Lipinski definition) is 0. The summed E-state index contributed by atoms with van der Waals surface area (Å²) >= 11 is 0. The van der Waals surface area contributed by atoms with Gasteiger partial charge in [0.15, 0.2) is 0 Å². The van der Waals surface area contributed by atoms with Gasteiger partial charge in [-0.05, 0) is 57.2 Å². The first-order valence-electron chi connectivity index (χ1n) is 7.82. The van der Waals surface area contributed by atoms with Crippen LogP contribution in [-0.2, 0) is 20.7 Å². The quantitative estimate of drug-likeness (QED) is 0.780. The van der Waals surface area contributed by atoms with Gasteiger partial charge in [0, 0.05) is 19.6 Å². The van der Waals surface area contributed by atoms with E-state index >= 15 is 0 Å². The summed E-state index contributed by atoms with van der Waals surface area (Å²) in [5, 5.41) is 0. The van der Waals surface area contributed by atoms with Gasteiger partial charge in [0.25, 0.3) is 0 Å². The second kappa shape index (κ2) is 7.57. The number of carbonyl (C=O) groups is 1. The number of rotatable bonds is 5. The minimum Gasteiger partial charge on any atom is -0.335 e. The molecule has 0 N–H and O–H groups in total. The van der Waals surface area contributed by atoms with Crippen molar-refractivity contribution >= 4 is 11.6 Å². The third-order valence-electron chi connectivity index (χ3n) is 3.69. The molecule has 21 heavy (non-hydrogen) atoms. The lowest BCUT2D eigenvalue weighted by atomic mass is 9.99. The standard InChI is InChI=1S/C17H25NO3/c1-4-20-17(21-5-2)18-15-12-13(3)10-11-14(15)8-6-7-9-16(18)19/h10-12,17H,4-9H2,1-3H3. The molecule has 0 fully saturated rings. The fourth-order valence-electron chi connectivity index (χ4n) is 2.67. The minimum atomic E-state index is -0.633. The lowest BCUT2D eigenvalue weighted by Crippen LogP contribution is -2.45. The van der Waals surface area contributed by atoms with E-state index in [1.54, 1.807) is 4.90 Å². The van der Waals surface area contributed by atoms with Gasteiger partial charge in [-0.2, -0.15) is 0 Å². The summed E-state index contributed by atoms with van der Waals surface area (Å²) < 4.78 is 11.3. The first-order valence-corrected chi connectivity index (χ1v) is 7.82. The Morgan fingerprint density at radius 2 is 1.81 bits per heavy atom. The van der Waals surface area contributed by atoms with E-state index in [-0.39, 0.29) is 5.91 Å². The monoisotopic (exact) mass is 291 g/mol. The smallest absolute Gasteiger partial charge is 0.247 e. The molecule has 1 aliphatic rings. The van der Waals surface area contributed by atoms with Crippen LogP contribution in [0, 0.1) is 6.92 Å². The number of aryl methyl sites for hydroxylation is 2. The maximum atomic E-state index is 12.6. The summed E-state index contributed by atoms with van der Waals surface area (Å²) in [6, 6.07) is 6.27. The molecule has 0 unspecified atom stereocenters. The van der Waals surface area contributed by atoms with Crippen molar-refractivity contribution in [2.75, 3.05) is 18.1 Å². The van der Waals surface area contributed by atoms with Crippen molar-refractivity contribution in [1.82, 2.24) is 0 Å². The van der Waals surface area contributed by atoms with Gasteiger partial charge >= 0.3 is 0 Å². The van der Waals surface area contributed by atoms with Crippen LogP contribution in [-0.4, -0.2) is 25.5 Å². The second-order valence-electron chi connectivity index (χ2n) is 5.32. The Balaban J connectivity index is 2.44. The van der Waals surface area contributed by atoms with E-state index in [4.69, 9.17) is 9.47 Å². The Labute approximate surface area is 127 Å². The molecule has 0 atom stereocenters. The highest BCUT2D eigenvalue weighted by Gasteiger charge is 2.29. The summed E-state index contributed by atoms with van der Waals surface area (Å²) in [6.45, 7) is 6.89. The highest BCUT2D eigenvalue weighted by molar-refractivity contribution is 5.94. The zero-order valence-corrected chi connectivity index (χ0v) is 13.2. The van der Waals surface area contributed by atoms with Crippen molar-refractivity contribution in [3.05, 3.63) is 29.3 Å². The van der Waals surface area contributed by atoms with E-state index in [9.17, 15) is 4.79 Å². The van der Waals surface area contributed by atoms with E-state index in [1.165, 1.54) is 5.56 Å². The van der Waals surface area contributed by atoms with Gasteiger partial charge in [-0.15, -0.1) is 0 Å². The molecule has 2 rings (SSSR count). The van der Waals surface area contributed by atoms with Crippen LogP contribution in [0.4, 0.5) is 5.69 Å². The molecular formula is C17H25NO3. The molecule has 1 aliphatic heterocycles. The van der Waals surface area contributed by atoms with Gasteiger partial charge < -0.3 is 9.47 Å². The number of hydrogen-bond acceptors (Lipinski definition) is 3. The molecule has 1 heterocycles. The second-order valence-corrected chi connectivity index (χ2v) is 5.32. The third-order valence-corrected chi connectivity index (χ3v) is 3.69. The number of nitrogens with zero attached hydrogens (tertiary/aromatic N) is 1. The lowest BCUT2D eigenvalue weighted by Gasteiger charge is -2.33. The first-order chi connectivity index (χ1) is 10.2. The fourth-order valence-corrected chi connectivity index (χ4v) is 2.67. The van der Waals surface area contributed by atoms with Crippen molar-refractivity contribution in [2.24, 2.45) is 0 Å². The number of anilines is 1. The SMILES string of the molecule is CCOC(OCC)N1C(=O)CCCCc2ccc(C)cc21. The number of carbonyl (C=O) groups excluding carboxylic acids is 1. The van der Waals surface area contributed by atoms with Crippen LogP contribution in [0.5, 0.6) is 0 Å². The maximum absolute atomic E-state index is 12.6. The van der Waals surface area contributed by atoms with Gasteiger partial charge in [-0.1, -0.05) is 12.1 Å². The average Bonchev–Trinajstić information content (AvgIpc) is 2.44. The molecule has 0 saturated carbocycles. The molecule has 1 amide bonds. The maximum Gasteiger partial charge on any atom is 0.247 e. The molecular weight excluding hydrogens is 266 g/mol. The predicted octanol–water partition coefficient (Wildman–Crippen LogP) is 3.41. The predicted molar refractivity (Wildman–Crippen MR) is 83.3 cm³/mol. The molecule has 4 heteroatoms. The Hall–Kier alpha value is -1.39. The van der Waals surface area contributed by atoms with Gasteiger partial charge in [-0.25, -0.2) is 0 Å². The van der Waals surface area contributed by atoms with Crippen LogP contribution in [0.15, 0.2) is 18.2 Å². The summed E-state index contributed by atoms with van der Waals surface area (Å²) in [5.41, 5.74) is 3.27. The van der Waals surface area contributed by atoms with Crippen LogP contribution in [0.1, 0.15) is 44.2 Å². The normalized spacial score (nSPS) is 15.8. The van der Waals surface area contributed by atoms with E-state index < -0.39 is 6.41 Å². The lowest BCUT2D eigenvalue weighted by molar-refractivity contribution is -0.150. The van der Waals surface area contributed by atoms with E-state index in [2.05, 4.69) is 18.2 Å². The zero-order chi connectivity index (χ0) is 15.2. The molecule has 116 valence electrons. The Kier molecular flexibility index (Phi) is 5.76. The Bertz CT molecular complexity index is 481. The molecule has 0 aliphatic carbocycles. The summed E-state index contributed by atoms with van der Waals surface area (Å²) in [4.78, 5) is 14.3. The average molecular weight is 291 g/mol. The van der Waals surface area contributed by atoms with Crippen LogP contribution < -0.4 is 4.90 Å². The van der Waals surface area contributed by atoms with E-state index in [0.717, 1.165) is 30.5 Å². The largest absolute Gasteiger partial charge is 0.335 e. The zero-order valence-electron chi connectivity index (χ0n) is 13.2. The molecule has 0 radical (unpaired) electrons. The van der Waals surface area contributed by atoms with Gasteiger partial charge in [0.2, 0.25) is 12.3 Å². The highest BCUT2D eigenvalue weighted by Crippen LogP contribution is 2.29. The van der Waals surface area contributed by atoms with Crippen molar-refractivity contribution < 1.29 is 14.3 Å². The van der Waals surface area contributed by atoms with Crippen LogP contribution >= 0.6 is 0 Å². The number of benzene rings is 1. The molecule has 0 aromatic heterocycles. The molecule has 0 spiro atoms. The van der Waals surface area contributed by atoms with Crippen molar-refractivity contribution in [3.8, 4) is 0 Å². The summed E-state index contributed by atoms with van der Waals surface area (Å²) in [6.07, 6.45) is 2.86. The molecule has 0 saturated heterocycles. The number of ether oxygens (including phenoxy) is 2. The Morgan fingerprint density at radius 1 is 1.14 bits per heavy atom. The van der Waals surface area contributed by atoms with Gasteiger partial charge in [0.1, 0.15) is 0 Å². The van der Waals surface area contributed by atoms with Gasteiger partial charge in [0.05, 0.1) is 5.69 Å². The van der Waals surface area contributed by atoms with Crippen LogP contribution in [0.25, 0.3) is 0 Å². The first kappa shape index (κ1) is 16.0. The van der Waals surface area contributed by atoms with Gasteiger partial charge in [-0.3, -0.25) is 9.69 Å². The van der Waals surface area contributed by atoms with Crippen molar-refractivity contribution in [3.63, 3.8) is 0 Å². The Morgan fingerprint density at radius 3 is 2.48 bits per heavy atom. The molecule has 1 aromatic carbocycles. The fraction of sp³-hybridized carbons (Fsp3) is 0.588. The number of amides is 1. The summed E-state index contributed by atoms with van der Waals surface area (Å²) in [5.74, 6) is 0.0773. The highest BCUT2D eigenvalue weighted by atomic mass is 16.7. The molecule has 4 nitrogen and oxygen atoms in total. The van der Waals surface area contributed by atoms with Crippen LogP contribution in [0.2, 0.25) is 0 Å². The van der Waals surface area contributed by atoms with E-state index in [1.807, 2.05) is 20.8 Å². The van der Waals surface area contributed by atoms with Crippen molar-refractivity contribution in [1.29, 1.82) is 0 Å². The minimum absolute atomic E-state index is 0.0773.